The lowest BCUT2D eigenvalue weighted by molar-refractivity contribution is -0.384. The van der Waals surface area contributed by atoms with Crippen LogP contribution in [0, 0.1) is 10.1 Å². The number of hydrogen-bond donors (Lipinski definition) is 1. The molecule has 4 rings (SSSR count). The highest BCUT2D eigenvalue weighted by Gasteiger charge is 2.34. The van der Waals surface area contributed by atoms with Crippen LogP contribution >= 0.6 is 0 Å². The predicted molar refractivity (Wildman–Crippen MR) is 120 cm³/mol. The molecule has 3 aromatic carbocycles. The number of carbonyl (C=O) groups is 2. The van der Waals surface area contributed by atoms with Gasteiger partial charge in [0.25, 0.3) is 17.5 Å². The van der Waals surface area contributed by atoms with Gasteiger partial charge in [0.1, 0.15) is 12.2 Å². The first kappa shape index (κ1) is 21.6. The number of non-ortho nitro benzene ring substituents is 1. The highest BCUT2D eigenvalue weighted by molar-refractivity contribution is 6.31. The molecule has 9 heteroatoms. The first-order valence-electron chi connectivity index (χ1n) is 9.93. The van der Waals surface area contributed by atoms with Crippen LogP contribution in [0.3, 0.4) is 0 Å². The molecular weight excluding hydrogens is 426 g/mol. The summed E-state index contributed by atoms with van der Waals surface area (Å²) in [5.41, 5.74) is 4.21. The summed E-state index contributed by atoms with van der Waals surface area (Å²) in [6.07, 6.45) is 1.45. The van der Waals surface area contributed by atoms with Crippen molar-refractivity contribution in [2.45, 2.75) is 6.61 Å². The zero-order valence-corrected chi connectivity index (χ0v) is 17.6. The van der Waals surface area contributed by atoms with Crippen molar-refractivity contribution in [3.63, 3.8) is 0 Å². The minimum atomic E-state index is -0.534. The number of nitro groups is 1. The molecule has 1 N–H and O–H groups in total. The molecule has 1 saturated heterocycles. The molecule has 0 aliphatic carbocycles. The number of para-hydroxylation sites is 2. The molecular formula is C24H19N3O6. The van der Waals surface area contributed by atoms with Crippen molar-refractivity contribution in [2.24, 2.45) is 0 Å². The Morgan fingerprint density at radius 3 is 2.39 bits per heavy atom. The van der Waals surface area contributed by atoms with Crippen LogP contribution in [0.5, 0.6) is 11.5 Å². The van der Waals surface area contributed by atoms with Gasteiger partial charge in [-0.3, -0.25) is 25.1 Å². The second-order valence-electron chi connectivity index (χ2n) is 7.07. The molecule has 0 radical (unpaired) electrons. The number of anilines is 1. The van der Waals surface area contributed by atoms with Crippen LogP contribution in [0.25, 0.3) is 6.08 Å². The molecule has 0 atom stereocenters. The van der Waals surface area contributed by atoms with Crippen LogP contribution in [-0.4, -0.2) is 23.8 Å². The molecule has 0 spiro atoms. The van der Waals surface area contributed by atoms with Crippen molar-refractivity contribution in [3.8, 4) is 11.5 Å². The first-order chi connectivity index (χ1) is 16.0. The molecule has 166 valence electrons. The van der Waals surface area contributed by atoms with E-state index in [2.05, 4.69) is 5.43 Å². The van der Waals surface area contributed by atoms with Crippen LogP contribution in [0.4, 0.5) is 11.4 Å². The smallest absolute Gasteiger partial charge is 0.282 e. The number of benzene rings is 3. The Morgan fingerprint density at radius 2 is 1.73 bits per heavy atom. The fourth-order valence-corrected chi connectivity index (χ4v) is 3.30. The van der Waals surface area contributed by atoms with Crippen molar-refractivity contribution >= 4 is 29.3 Å². The lowest BCUT2D eigenvalue weighted by atomic mass is 10.1. The van der Waals surface area contributed by atoms with Gasteiger partial charge in [-0.05, 0) is 42.0 Å². The monoisotopic (exact) mass is 445 g/mol. The van der Waals surface area contributed by atoms with E-state index in [0.717, 1.165) is 0 Å². The van der Waals surface area contributed by atoms with E-state index in [1.807, 2.05) is 6.07 Å². The number of hydrazine groups is 1. The number of rotatable bonds is 7. The number of nitro benzene ring substituents is 1. The van der Waals surface area contributed by atoms with E-state index in [0.29, 0.717) is 28.3 Å². The Hall–Kier alpha value is -4.66. The third-order valence-corrected chi connectivity index (χ3v) is 4.97. The van der Waals surface area contributed by atoms with Crippen molar-refractivity contribution in [1.29, 1.82) is 0 Å². The molecule has 2 amide bonds. The average molecular weight is 445 g/mol. The predicted octanol–water partition coefficient (Wildman–Crippen LogP) is 3.64. The van der Waals surface area contributed by atoms with Gasteiger partial charge in [-0.15, -0.1) is 0 Å². The molecule has 1 fully saturated rings. The number of amides is 2. The summed E-state index contributed by atoms with van der Waals surface area (Å²) < 4.78 is 11.3. The zero-order valence-electron chi connectivity index (χ0n) is 17.6. The number of nitrogens with one attached hydrogen (secondary N) is 1. The maximum atomic E-state index is 12.9. The largest absolute Gasteiger partial charge is 0.493 e. The molecule has 1 aliphatic heterocycles. The third-order valence-electron chi connectivity index (χ3n) is 4.97. The summed E-state index contributed by atoms with van der Waals surface area (Å²) in [7, 11) is 1.48. The molecule has 0 bridgehead atoms. The van der Waals surface area contributed by atoms with Crippen LogP contribution in [0.1, 0.15) is 11.1 Å². The van der Waals surface area contributed by atoms with E-state index in [4.69, 9.17) is 9.47 Å². The van der Waals surface area contributed by atoms with Crippen molar-refractivity contribution in [1.82, 2.24) is 5.43 Å². The van der Waals surface area contributed by atoms with Gasteiger partial charge in [0.2, 0.25) is 0 Å². The summed E-state index contributed by atoms with van der Waals surface area (Å²) >= 11 is 0. The van der Waals surface area contributed by atoms with Gasteiger partial charge in [0.05, 0.1) is 17.7 Å². The highest BCUT2D eigenvalue weighted by atomic mass is 16.6. The Labute approximate surface area is 189 Å². The van der Waals surface area contributed by atoms with Crippen LogP contribution in [-0.2, 0) is 16.2 Å². The normalized spacial score (nSPS) is 14.3. The minimum Gasteiger partial charge on any atom is -0.493 e. The zero-order chi connectivity index (χ0) is 23.4. The van der Waals surface area contributed by atoms with Gasteiger partial charge in [0.15, 0.2) is 11.5 Å². The maximum Gasteiger partial charge on any atom is 0.282 e. The Bertz CT molecular complexity index is 1240. The topological polar surface area (TPSA) is 111 Å². The van der Waals surface area contributed by atoms with Crippen molar-refractivity contribution < 1.29 is 24.0 Å². The number of nitrogens with zero attached hydrogens (tertiary/aromatic N) is 2. The number of ether oxygens (including phenoxy) is 2. The summed E-state index contributed by atoms with van der Waals surface area (Å²) in [6.45, 7) is 0.102. The second kappa shape index (κ2) is 9.23. The van der Waals surface area contributed by atoms with Gasteiger partial charge in [0, 0.05) is 17.7 Å². The first-order valence-corrected chi connectivity index (χ1v) is 9.93. The van der Waals surface area contributed by atoms with E-state index in [9.17, 15) is 19.7 Å². The van der Waals surface area contributed by atoms with Crippen LogP contribution in [0.2, 0.25) is 0 Å². The number of hydrogen-bond acceptors (Lipinski definition) is 6. The van der Waals surface area contributed by atoms with Gasteiger partial charge in [-0.25, -0.2) is 5.01 Å². The second-order valence-corrected chi connectivity index (χ2v) is 7.07. The maximum absolute atomic E-state index is 12.9. The summed E-state index contributed by atoms with van der Waals surface area (Å²) in [5, 5.41) is 12.0. The number of methoxy groups -OCH3 is 1. The Kier molecular flexibility index (Phi) is 6.03. The standard InChI is InChI=1S/C24H19N3O6/c1-32-21-9-5-6-17(22(21)33-15-16-10-12-19(13-11-16)27(30)31)14-20-23(28)25-26(24(20)29)18-7-3-2-4-8-18/h2-14H,15H2,1H3,(H,25,28). The minimum absolute atomic E-state index is 0.0183. The molecule has 1 aliphatic rings. The molecule has 3 aromatic rings. The molecule has 9 nitrogen and oxygen atoms in total. The molecule has 0 saturated carbocycles. The van der Waals surface area contributed by atoms with E-state index < -0.39 is 16.7 Å². The third kappa shape index (κ3) is 4.52. The van der Waals surface area contributed by atoms with Crippen LogP contribution in [0.15, 0.2) is 78.4 Å². The lowest BCUT2D eigenvalue weighted by Gasteiger charge is -2.14. The van der Waals surface area contributed by atoms with Crippen molar-refractivity contribution in [2.75, 3.05) is 12.1 Å². The fourth-order valence-electron chi connectivity index (χ4n) is 3.30. The van der Waals surface area contributed by atoms with E-state index in [1.54, 1.807) is 54.6 Å². The van der Waals surface area contributed by atoms with Gasteiger partial charge in [-0.1, -0.05) is 30.3 Å². The Balaban J connectivity index is 1.62. The summed E-state index contributed by atoms with van der Waals surface area (Å²) in [4.78, 5) is 35.8. The molecule has 33 heavy (non-hydrogen) atoms. The molecule has 0 unspecified atom stereocenters. The van der Waals surface area contributed by atoms with E-state index >= 15 is 0 Å². The number of carbonyl (C=O) groups excluding carboxylic acids is 2. The van der Waals surface area contributed by atoms with E-state index in [1.165, 1.54) is 30.3 Å². The lowest BCUT2D eigenvalue weighted by Crippen LogP contribution is -2.35. The van der Waals surface area contributed by atoms with Gasteiger partial charge < -0.3 is 9.47 Å². The average Bonchev–Trinajstić information content (AvgIpc) is 3.12. The van der Waals surface area contributed by atoms with Gasteiger partial charge in [-0.2, -0.15) is 0 Å². The summed E-state index contributed by atoms with van der Waals surface area (Å²) in [6, 6.07) is 19.9. The molecule has 1 heterocycles. The van der Waals surface area contributed by atoms with Gasteiger partial charge >= 0.3 is 0 Å². The summed E-state index contributed by atoms with van der Waals surface area (Å²) in [5.74, 6) is -0.273. The van der Waals surface area contributed by atoms with E-state index in [-0.39, 0.29) is 17.9 Å². The van der Waals surface area contributed by atoms with Crippen molar-refractivity contribution in [3.05, 3.63) is 99.6 Å². The SMILES string of the molecule is COc1cccc(C=C2C(=O)NN(c3ccccc3)C2=O)c1OCc1ccc([N+](=O)[O-])cc1. The fraction of sp³-hybridized carbons (Fsp3) is 0.0833. The molecule has 0 aromatic heterocycles. The Morgan fingerprint density at radius 1 is 1.00 bits per heavy atom. The van der Waals surface area contributed by atoms with Crippen LogP contribution < -0.4 is 19.9 Å². The highest BCUT2D eigenvalue weighted by Crippen LogP contribution is 2.34. The quantitative estimate of drug-likeness (QED) is 0.257.